The Morgan fingerprint density at radius 1 is 1.42 bits per heavy atom. The van der Waals surface area contributed by atoms with Crippen LogP contribution in [0.1, 0.15) is 34.1 Å². The number of rotatable bonds is 5. The van der Waals surface area contributed by atoms with Crippen molar-refractivity contribution in [1.82, 2.24) is 4.98 Å². The van der Waals surface area contributed by atoms with Gasteiger partial charge in [0, 0.05) is 15.9 Å². The predicted molar refractivity (Wildman–Crippen MR) is 84.1 cm³/mol. The van der Waals surface area contributed by atoms with Crippen molar-refractivity contribution < 1.29 is 4.92 Å². The van der Waals surface area contributed by atoms with E-state index in [4.69, 9.17) is 10.1 Å². The van der Waals surface area contributed by atoms with Crippen molar-refractivity contribution >= 4 is 21.6 Å². The number of hydrogen-bond donors (Lipinski definition) is 0. The summed E-state index contributed by atoms with van der Waals surface area (Å²) in [7, 11) is 4.58. The second-order valence-electron chi connectivity index (χ2n) is 5.13. The average Bonchev–Trinajstić information content (AvgIpc) is 2.25. The van der Waals surface area contributed by atoms with Crippen LogP contribution in [0, 0.1) is 16.0 Å². The first kappa shape index (κ1) is 18.2. The van der Waals surface area contributed by atoms with Crippen LogP contribution in [0.5, 0.6) is 0 Å². The van der Waals surface area contributed by atoms with Gasteiger partial charge in [0.25, 0.3) is 0 Å². The van der Waals surface area contributed by atoms with E-state index in [0.29, 0.717) is 4.75 Å². The maximum absolute atomic E-state index is 8.81. The van der Waals surface area contributed by atoms with E-state index in [1.807, 2.05) is 29.1 Å². The fourth-order valence-corrected chi connectivity index (χ4v) is 3.95. The summed E-state index contributed by atoms with van der Waals surface area (Å²) < 4.78 is 0.316. The normalized spacial score (nSPS) is 10.8. The van der Waals surface area contributed by atoms with E-state index in [9.17, 15) is 0 Å². The minimum atomic E-state index is -0.500. The van der Waals surface area contributed by atoms with Crippen molar-refractivity contribution in [1.29, 1.82) is 0 Å². The number of nitro groups is 1. The van der Waals surface area contributed by atoms with Crippen LogP contribution in [-0.4, -0.2) is 21.7 Å². The van der Waals surface area contributed by atoms with Gasteiger partial charge in [-0.05, 0) is 49.1 Å². The lowest BCUT2D eigenvalue weighted by molar-refractivity contribution is -0.445. The van der Waals surface area contributed by atoms with Crippen molar-refractivity contribution in [2.75, 3.05) is 7.05 Å². The molecule has 0 N–H and O–H groups in total. The van der Waals surface area contributed by atoms with Crippen LogP contribution in [0.25, 0.3) is 0 Å². The van der Waals surface area contributed by atoms with Crippen LogP contribution in [0.15, 0.2) is 29.4 Å². The Kier molecular flexibility index (Phi) is 8.84. The molecule has 0 aromatic carbocycles. The van der Waals surface area contributed by atoms with Gasteiger partial charge < -0.3 is 0 Å². The zero-order valence-corrected chi connectivity index (χ0v) is 13.8. The Morgan fingerprint density at radius 2 is 2.00 bits per heavy atom. The molecular formula is C13H22N2O2S2. The minimum Gasteiger partial charge on any atom is -0.265 e. The third-order valence-corrected chi connectivity index (χ3v) is 5.12. The molecule has 6 heteroatoms. The predicted octanol–water partition coefficient (Wildman–Crippen LogP) is 4.54. The van der Waals surface area contributed by atoms with Crippen LogP contribution >= 0.6 is 21.6 Å². The summed E-state index contributed by atoms with van der Waals surface area (Å²) in [4.78, 5) is 12.6. The molecule has 1 rings (SSSR count). The second-order valence-corrected chi connectivity index (χ2v) is 7.99. The molecule has 1 heterocycles. The summed E-state index contributed by atoms with van der Waals surface area (Å²) in [6.07, 6.45) is 3.08. The van der Waals surface area contributed by atoms with Gasteiger partial charge in [0.15, 0.2) is 7.05 Å². The van der Waals surface area contributed by atoms with E-state index in [1.54, 1.807) is 10.8 Å². The van der Waals surface area contributed by atoms with Gasteiger partial charge in [-0.1, -0.05) is 30.7 Å². The Balaban J connectivity index is 0.000000711. The van der Waals surface area contributed by atoms with Gasteiger partial charge in [-0.3, -0.25) is 10.1 Å². The number of hydrogen-bond acceptors (Lipinski definition) is 5. The van der Waals surface area contributed by atoms with E-state index in [1.165, 1.54) is 6.42 Å². The Morgan fingerprint density at radius 3 is 2.42 bits per heavy atom. The number of nitrogens with zero attached hydrogens (tertiary/aromatic N) is 2. The molecule has 0 fully saturated rings. The lowest BCUT2D eigenvalue weighted by Gasteiger charge is -2.24. The molecule has 0 aliphatic carbocycles. The smallest absolute Gasteiger partial charge is 0.194 e. The zero-order valence-electron chi connectivity index (χ0n) is 12.1. The molecule has 1 aromatic heterocycles. The Hall–Kier alpha value is -0.750. The van der Waals surface area contributed by atoms with Crippen molar-refractivity contribution in [3.05, 3.63) is 34.5 Å². The van der Waals surface area contributed by atoms with Gasteiger partial charge in [-0.15, -0.1) is 0 Å². The van der Waals surface area contributed by atoms with Crippen LogP contribution in [0.3, 0.4) is 0 Å². The first-order chi connectivity index (χ1) is 8.73. The molecule has 0 saturated heterocycles. The van der Waals surface area contributed by atoms with E-state index in [2.05, 4.69) is 38.7 Å². The first-order valence-electron chi connectivity index (χ1n) is 6.07. The molecule has 108 valence electrons. The highest BCUT2D eigenvalue weighted by Crippen LogP contribution is 2.42. The first-order valence-corrected chi connectivity index (χ1v) is 8.22. The molecule has 1 aromatic rings. The highest BCUT2D eigenvalue weighted by Gasteiger charge is 2.20. The van der Waals surface area contributed by atoms with Crippen LogP contribution < -0.4 is 0 Å². The average molecular weight is 302 g/mol. The summed E-state index contributed by atoms with van der Waals surface area (Å²) in [6, 6.07) is 6.04. The van der Waals surface area contributed by atoms with Crippen LogP contribution in [-0.2, 0) is 0 Å². The summed E-state index contributed by atoms with van der Waals surface area (Å²) >= 11 is 0. The monoisotopic (exact) mass is 302 g/mol. The molecule has 0 radical (unpaired) electrons. The van der Waals surface area contributed by atoms with E-state index in [0.717, 1.165) is 18.0 Å². The van der Waals surface area contributed by atoms with Crippen LogP contribution in [0.2, 0.25) is 0 Å². The van der Waals surface area contributed by atoms with Crippen LogP contribution in [0.4, 0.5) is 0 Å². The summed E-state index contributed by atoms with van der Waals surface area (Å²) in [6.45, 7) is 9.14. The molecule has 0 spiro atoms. The van der Waals surface area contributed by atoms with Gasteiger partial charge in [0.05, 0.1) is 0 Å². The highest BCUT2D eigenvalue weighted by atomic mass is 33.1. The van der Waals surface area contributed by atoms with Crippen molar-refractivity contribution in [3.63, 3.8) is 0 Å². The third kappa shape index (κ3) is 12.0. The Labute approximate surface area is 123 Å². The van der Waals surface area contributed by atoms with Gasteiger partial charge in [-0.25, -0.2) is 4.98 Å². The fraction of sp³-hybridized carbons (Fsp3) is 0.615. The quantitative estimate of drug-likeness (QED) is 0.454. The molecule has 0 aliphatic heterocycles. The highest BCUT2D eigenvalue weighted by molar-refractivity contribution is 8.77. The minimum absolute atomic E-state index is 0.316. The fourth-order valence-electron chi connectivity index (χ4n) is 1.57. The maximum Gasteiger partial charge on any atom is 0.194 e. The lowest BCUT2D eigenvalue weighted by Crippen LogP contribution is -2.16. The summed E-state index contributed by atoms with van der Waals surface area (Å²) in [5.74, 6) is 0.747. The lowest BCUT2D eigenvalue weighted by atomic mass is 10.0. The van der Waals surface area contributed by atoms with Crippen molar-refractivity contribution in [3.8, 4) is 0 Å². The molecule has 0 amide bonds. The molecule has 0 unspecified atom stereocenters. The standard InChI is InChI=1S/C12H19NS2.CH3NO2/c1-10(2)9-12(3,4)15-14-11-7-5-6-8-13-11;1-2(3)4/h5-8,10H,9H2,1-4H3;1H3. The zero-order chi connectivity index (χ0) is 14.9. The maximum atomic E-state index is 8.81. The summed E-state index contributed by atoms with van der Waals surface area (Å²) in [5.41, 5.74) is 0. The molecule has 19 heavy (non-hydrogen) atoms. The van der Waals surface area contributed by atoms with E-state index in [-0.39, 0.29) is 0 Å². The number of aromatic nitrogens is 1. The van der Waals surface area contributed by atoms with Gasteiger partial charge in [0.2, 0.25) is 0 Å². The molecule has 0 aliphatic rings. The van der Waals surface area contributed by atoms with Crippen molar-refractivity contribution in [2.45, 2.75) is 43.9 Å². The molecule has 4 nitrogen and oxygen atoms in total. The second kappa shape index (κ2) is 9.20. The molecule has 0 saturated carbocycles. The SMILES string of the molecule is CC(C)CC(C)(C)SSc1ccccn1.C[N+](=O)[O-]. The molecule has 0 bridgehead atoms. The van der Waals surface area contributed by atoms with Gasteiger partial charge in [-0.2, -0.15) is 0 Å². The van der Waals surface area contributed by atoms with Gasteiger partial charge >= 0.3 is 0 Å². The molecule has 0 atom stereocenters. The number of pyridine rings is 1. The van der Waals surface area contributed by atoms with Gasteiger partial charge in [0.1, 0.15) is 5.03 Å². The third-order valence-electron chi connectivity index (χ3n) is 1.89. The Bertz CT molecular complexity index is 366. The largest absolute Gasteiger partial charge is 0.265 e. The van der Waals surface area contributed by atoms with E-state index < -0.39 is 4.92 Å². The summed E-state index contributed by atoms with van der Waals surface area (Å²) in [5, 5.41) is 9.90. The van der Waals surface area contributed by atoms with E-state index >= 15 is 0 Å². The molecular weight excluding hydrogens is 280 g/mol. The van der Waals surface area contributed by atoms with Crippen molar-refractivity contribution in [2.24, 2.45) is 5.92 Å². The topological polar surface area (TPSA) is 56.0 Å².